The lowest BCUT2D eigenvalue weighted by Crippen LogP contribution is -2.32. The summed E-state index contributed by atoms with van der Waals surface area (Å²) in [6.45, 7) is 4.13. The summed E-state index contributed by atoms with van der Waals surface area (Å²) in [5, 5.41) is 1.79. The summed E-state index contributed by atoms with van der Waals surface area (Å²) >= 11 is 6.14. The van der Waals surface area contributed by atoms with Crippen LogP contribution in [-0.2, 0) is 5.60 Å². The van der Waals surface area contributed by atoms with Gasteiger partial charge in [0.1, 0.15) is 17.0 Å². The van der Waals surface area contributed by atoms with Gasteiger partial charge in [-0.2, -0.15) is 0 Å². The van der Waals surface area contributed by atoms with E-state index in [1.54, 1.807) is 0 Å². The van der Waals surface area contributed by atoms with Crippen LogP contribution >= 0.6 is 11.6 Å². The van der Waals surface area contributed by atoms with Crippen molar-refractivity contribution in [2.24, 2.45) is 0 Å². The van der Waals surface area contributed by atoms with Gasteiger partial charge in [-0.1, -0.05) is 11.6 Å². The predicted molar refractivity (Wildman–Crippen MR) is 79.7 cm³/mol. The number of ether oxygens (including phenoxy) is 1. The molecule has 0 radical (unpaired) electrons. The van der Waals surface area contributed by atoms with Gasteiger partial charge in [-0.15, -0.1) is 0 Å². The van der Waals surface area contributed by atoms with E-state index in [-0.39, 0.29) is 0 Å². The van der Waals surface area contributed by atoms with Gasteiger partial charge in [0, 0.05) is 16.6 Å². The van der Waals surface area contributed by atoms with Gasteiger partial charge in [0.05, 0.1) is 11.4 Å². The molecule has 1 aliphatic heterocycles. The lowest BCUT2D eigenvalue weighted by atomic mass is 10.0. The van der Waals surface area contributed by atoms with E-state index in [1.165, 1.54) is 0 Å². The van der Waals surface area contributed by atoms with Crippen molar-refractivity contribution in [3.63, 3.8) is 0 Å². The lowest BCUT2D eigenvalue weighted by Gasteiger charge is -2.34. The highest BCUT2D eigenvalue weighted by Gasteiger charge is 2.34. The molecule has 0 saturated heterocycles. The van der Waals surface area contributed by atoms with Crippen LogP contribution < -0.4 is 4.74 Å². The normalized spacial score (nSPS) is 15.6. The zero-order valence-electron chi connectivity index (χ0n) is 11.2. The third-order valence-electron chi connectivity index (χ3n) is 3.71. The van der Waals surface area contributed by atoms with Crippen molar-refractivity contribution in [3.8, 4) is 11.4 Å². The molecule has 3 heterocycles. The Kier molecular flexibility index (Phi) is 2.22. The molecule has 0 amide bonds. The van der Waals surface area contributed by atoms with Crippen molar-refractivity contribution >= 4 is 22.6 Å². The molecule has 2 aromatic heterocycles. The Balaban J connectivity index is 2.16. The number of benzene rings is 1. The van der Waals surface area contributed by atoms with E-state index in [4.69, 9.17) is 16.3 Å². The molecule has 0 unspecified atom stereocenters. The van der Waals surface area contributed by atoms with E-state index >= 15 is 0 Å². The molecular weight excluding hydrogens is 272 g/mol. The molecule has 20 heavy (non-hydrogen) atoms. The standard InChI is InChI=1S/C16H13ClN2O/c1-16(2)14-8-10-4-3-7-18-15(10)19(14)12-9-11(17)5-6-13(12)20-16/h3-9H,1-2H3. The Labute approximate surface area is 121 Å². The highest BCUT2D eigenvalue weighted by atomic mass is 35.5. The summed E-state index contributed by atoms with van der Waals surface area (Å²) in [6.07, 6.45) is 1.81. The molecule has 100 valence electrons. The van der Waals surface area contributed by atoms with Crippen LogP contribution in [0, 0.1) is 0 Å². The van der Waals surface area contributed by atoms with Gasteiger partial charge in [-0.25, -0.2) is 4.98 Å². The van der Waals surface area contributed by atoms with Crippen LogP contribution in [0.2, 0.25) is 5.02 Å². The fourth-order valence-electron chi connectivity index (χ4n) is 2.80. The van der Waals surface area contributed by atoms with Gasteiger partial charge < -0.3 is 4.74 Å². The lowest BCUT2D eigenvalue weighted by molar-refractivity contribution is 0.0930. The minimum Gasteiger partial charge on any atom is -0.479 e. The Morgan fingerprint density at radius 1 is 1.20 bits per heavy atom. The highest BCUT2D eigenvalue weighted by molar-refractivity contribution is 6.30. The first kappa shape index (κ1) is 11.8. The van der Waals surface area contributed by atoms with Gasteiger partial charge in [-0.3, -0.25) is 4.57 Å². The molecule has 0 saturated carbocycles. The van der Waals surface area contributed by atoms with E-state index < -0.39 is 5.60 Å². The summed E-state index contributed by atoms with van der Waals surface area (Å²) in [5.74, 6) is 0.829. The largest absolute Gasteiger partial charge is 0.479 e. The van der Waals surface area contributed by atoms with Gasteiger partial charge in [0.25, 0.3) is 0 Å². The summed E-state index contributed by atoms with van der Waals surface area (Å²) in [7, 11) is 0. The van der Waals surface area contributed by atoms with Crippen LogP contribution in [0.5, 0.6) is 5.75 Å². The number of hydrogen-bond donors (Lipinski definition) is 0. The van der Waals surface area contributed by atoms with Crippen LogP contribution in [0.25, 0.3) is 16.7 Å². The smallest absolute Gasteiger partial charge is 0.144 e. The average molecular weight is 285 g/mol. The summed E-state index contributed by atoms with van der Waals surface area (Å²) < 4.78 is 8.26. The van der Waals surface area contributed by atoms with Gasteiger partial charge >= 0.3 is 0 Å². The quantitative estimate of drug-likeness (QED) is 0.615. The van der Waals surface area contributed by atoms with Crippen LogP contribution in [-0.4, -0.2) is 9.55 Å². The third kappa shape index (κ3) is 1.50. The Hall–Kier alpha value is -2.00. The molecule has 4 rings (SSSR count). The molecular formula is C16H13ClN2O. The molecule has 3 nitrogen and oxygen atoms in total. The van der Waals surface area contributed by atoms with E-state index in [0.29, 0.717) is 5.02 Å². The molecule has 0 fully saturated rings. The summed E-state index contributed by atoms with van der Waals surface area (Å²) in [6, 6.07) is 11.8. The minimum atomic E-state index is -0.401. The second kappa shape index (κ2) is 3.76. The molecule has 0 N–H and O–H groups in total. The molecule has 3 aromatic rings. The number of hydrogen-bond acceptors (Lipinski definition) is 2. The predicted octanol–water partition coefficient (Wildman–Crippen LogP) is 4.31. The first-order chi connectivity index (χ1) is 9.56. The Bertz CT molecular complexity index is 836. The maximum atomic E-state index is 6.14. The van der Waals surface area contributed by atoms with Crippen molar-refractivity contribution in [1.82, 2.24) is 9.55 Å². The minimum absolute atomic E-state index is 0.401. The maximum absolute atomic E-state index is 6.14. The third-order valence-corrected chi connectivity index (χ3v) is 3.94. The number of rotatable bonds is 0. The summed E-state index contributed by atoms with van der Waals surface area (Å²) in [5.41, 5.74) is 2.56. The zero-order valence-corrected chi connectivity index (χ0v) is 12.0. The summed E-state index contributed by atoms with van der Waals surface area (Å²) in [4.78, 5) is 4.51. The number of fused-ring (bicyclic) bond motifs is 5. The molecule has 1 aliphatic rings. The van der Waals surface area contributed by atoms with Crippen molar-refractivity contribution in [2.45, 2.75) is 19.4 Å². The molecule has 1 aromatic carbocycles. The Morgan fingerprint density at radius 2 is 2.05 bits per heavy atom. The number of pyridine rings is 1. The molecule has 0 spiro atoms. The fourth-order valence-corrected chi connectivity index (χ4v) is 2.97. The number of nitrogens with zero attached hydrogens (tertiary/aromatic N) is 2. The first-order valence-corrected chi connectivity index (χ1v) is 6.90. The van der Waals surface area contributed by atoms with Crippen LogP contribution in [0.15, 0.2) is 42.6 Å². The van der Waals surface area contributed by atoms with Crippen molar-refractivity contribution < 1.29 is 4.74 Å². The van der Waals surface area contributed by atoms with Gasteiger partial charge in [0.2, 0.25) is 0 Å². The van der Waals surface area contributed by atoms with Crippen molar-refractivity contribution in [3.05, 3.63) is 53.3 Å². The molecule has 0 atom stereocenters. The second-order valence-electron chi connectivity index (χ2n) is 5.51. The van der Waals surface area contributed by atoms with Crippen molar-refractivity contribution in [2.75, 3.05) is 0 Å². The number of aromatic nitrogens is 2. The number of halogens is 1. The topological polar surface area (TPSA) is 27.1 Å². The molecule has 0 aliphatic carbocycles. The van der Waals surface area contributed by atoms with Crippen molar-refractivity contribution in [1.29, 1.82) is 0 Å². The second-order valence-corrected chi connectivity index (χ2v) is 5.94. The monoisotopic (exact) mass is 284 g/mol. The SMILES string of the molecule is CC1(C)Oc2ccc(Cl)cc2-n2c1cc1cccnc12. The zero-order chi connectivity index (χ0) is 13.9. The van der Waals surface area contributed by atoms with Crippen LogP contribution in [0.4, 0.5) is 0 Å². The first-order valence-electron chi connectivity index (χ1n) is 6.52. The highest BCUT2D eigenvalue weighted by Crippen LogP contribution is 2.42. The molecule has 0 bridgehead atoms. The van der Waals surface area contributed by atoms with Crippen LogP contribution in [0.1, 0.15) is 19.5 Å². The fraction of sp³-hybridized carbons (Fsp3) is 0.188. The average Bonchev–Trinajstić information content (AvgIpc) is 2.80. The van der Waals surface area contributed by atoms with E-state index in [2.05, 4.69) is 35.5 Å². The van der Waals surface area contributed by atoms with E-state index in [9.17, 15) is 0 Å². The van der Waals surface area contributed by atoms with Gasteiger partial charge in [-0.05, 0) is 50.2 Å². The van der Waals surface area contributed by atoms with Crippen LogP contribution in [0.3, 0.4) is 0 Å². The van der Waals surface area contributed by atoms with Gasteiger partial charge in [0.15, 0.2) is 0 Å². The molecule has 4 heteroatoms. The Morgan fingerprint density at radius 3 is 2.90 bits per heavy atom. The van der Waals surface area contributed by atoms with E-state index in [1.807, 2.05) is 30.5 Å². The van der Waals surface area contributed by atoms with E-state index in [0.717, 1.165) is 28.2 Å². The maximum Gasteiger partial charge on any atom is 0.144 e.